The molecule has 0 aromatic carbocycles. The zero-order valence-corrected chi connectivity index (χ0v) is 9.06. The van der Waals surface area contributed by atoms with Gasteiger partial charge in [0.2, 0.25) is 0 Å². The van der Waals surface area contributed by atoms with Crippen molar-refractivity contribution in [3.05, 3.63) is 0 Å². The summed E-state index contributed by atoms with van der Waals surface area (Å²) in [6.45, 7) is 4.70. The van der Waals surface area contributed by atoms with Crippen LogP contribution in [0.5, 0.6) is 0 Å². The van der Waals surface area contributed by atoms with Gasteiger partial charge >= 0.3 is 0 Å². The highest BCUT2D eigenvalue weighted by atomic mass is 14.9. The summed E-state index contributed by atoms with van der Waals surface area (Å²) in [5.41, 5.74) is 0.573. The van der Waals surface area contributed by atoms with Gasteiger partial charge < -0.3 is 5.32 Å². The summed E-state index contributed by atoms with van der Waals surface area (Å²) in [6, 6.07) is 0.684. The van der Waals surface area contributed by atoms with Crippen LogP contribution in [0.25, 0.3) is 0 Å². The predicted octanol–water partition coefficient (Wildman–Crippen LogP) is 2.42. The van der Waals surface area contributed by atoms with Gasteiger partial charge in [-0.15, -0.1) is 12.3 Å². The van der Waals surface area contributed by atoms with E-state index in [1.165, 1.54) is 12.8 Å². The van der Waals surface area contributed by atoms with E-state index in [9.17, 15) is 0 Å². The first-order valence-electron chi connectivity index (χ1n) is 5.22. The van der Waals surface area contributed by atoms with Gasteiger partial charge in [-0.25, -0.2) is 0 Å². The Labute approximate surface area is 82.3 Å². The summed E-state index contributed by atoms with van der Waals surface area (Å²) in [6.07, 6.45) is 9.91. The van der Waals surface area contributed by atoms with Crippen LogP contribution in [0.3, 0.4) is 0 Å². The first-order chi connectivity index (χ1) is 6.11. The molecule has 0 heterocycles. The fourth-order valence-corrected chi connectivity index (χ4v) is 2.17. The lowest BCUT2D eigenvalue weighted by molar-refractivity contribution is 0.401. The van der Waals surface area contributed by atoms with Crippen molar-refractivity contribution < 1.29 is 0 Å². The van der Waals surface area contributed by atoms with E-state index in [-0.39, 0.29) is 0 Å². The lowest BCUT2D eigenvalue weighted by Crippen LogP contribution is -2.29. The highest BCUT2D eigenvalue weighted by Crippen LogP contribution is 2.54. The van der Waals surface area contributed by atoms with Gasteiger partial charge in [0.1, 0.15) is 0 Å². The molecule has 1 nitrogen and oxygen atoms in total. The van der Waals surface area contributed by atoms with Crippen LogP contribution < -0.4 is 5.32 Å². The molecule has 1 aliphatic carbocycles. The van der Waals surface area contributed by atoms with Crippen molar-refractivity contribution in [2.24, 2.45) is 11.3 Å². The average Bonchev–Trinajstić information content (AvgIpc) is 2.69. The van der Waals surface area contributed by atoms with Crippen LogP contribution in [0, 0.1) is 23.7 Å². The molecular formula is C12H21N. The summed E-state index contributed by atoms with van der Waals surface area (Å²) in [5, 5.41) is 3.41. The number of hydrogen-bond acceptors (Lipinski definition) is 1. The largest absolute Gasteiger partial charge is 0.317 e. The minimum absolute atomic E-state index is 0.573. The molecule has 1 fully saturated rings. The second-order valence-electron chi connectivity index (χ2n) is 4.79. The summed E-state index contributed by atoms with van der Waals surface area (Å²) >= 11 is 0. The van der Waals surface area contributed by atoms with E-state index in [1.54, 1.807) is 0 Å². The van der Waals surface area contributed by atoms with E-state index in [2.05, 4.69) is 32.1 Å². The molecule has 1 aliphatic rings. The molecule has 0 aliphatic heterocycles. The van der Waals surface area contributed by atoms with Crippen molar-refractivity contribution in [1.82, 2.24) is 5.32 Å². The van der Waals surface area contributed by atoms with Crippen molar-refractivity contribution in [3.63, 3.8) is 0 Å². The standard InChI is InChI=1S/C12H21N/c1-5-6-7-8-11(13-4)10-9-12(10,2)3/h1,10-11,13H,6-9H2,2-4H3. The topological polar surface area (TPSA) is 12.0 Å². The number of unbranched alkanes of at least 4 members (excludes halogenated alkanes) is 1. The van der Waals surface area contributed by atoms with Crippen molar-refractivity contribution in [3.8, 4) is 12.3 Å². The second kappa shape index (κ2) is 4.15. The third-order valence-corrected chi connectivity index (χ3v) is 3.28. The minimum Gasteiger partial charge on any atom is -0.317 e. The molecule has 0 spiro atoms. The molecule has 0 amide bonds. The predicted molar refractivity (Wildman–Crippen MR) is 57.4 cm³/mol. The van der Waals surface area contributed by atoms with E-state index in [0.717, 1.165) is 18.8 Å². The lowest BCUT2D eigenvalue weighted by atomic mass is 9.99. The number of rotatable bonds is 5. The van der Waals surface area contributed by atoms with E-state index >= 15 is 0 Å². The molecule has 1 N–H and O–H groups in total. The average molecular weight is 179 g/mol. The maximum atomic E-state index is 5.23. The molecule has 0 aromatic rings. The summed E-state index contributed by atoms with van der Waals surface area (Å²) in [4.78, 5) is 0. The SMILES string of the molecule is C#CCCCC(NC)C1CC1(C)C. The van der Waals surface area contributed by atoms with Crippen molar-refractivity contribution in [2.75, 3.05) is 7.05 Å². The quantitative estimate of drug-likeness (QED) is 0.505. The summed E-state index contributed by atoms with van der Waals surface area (Å²) in [7, 11) is 2.06. The molecule has 2 unspecified atom stereocenters. The first kappa shape index (κ1) is 10.6. The maximum absolute atomic E-state index is 5.23. The Morgan fingerprint density at radius 1 is 1.62 bits per heavy atom. The molecule has 13 heavy (non-hydrogen) atoms. The monoisotopic (exact) mass is 179 g/mol. The zero-order valence-electron chi connectivity index (χ0n) is 9.06. The Kier molecular flexibility index (Phi) is 3.39. The van der Waals surface area contributed by atoms with Gasteiger partial charge in [0.05, 0.1) is 0 Å². The van der Waals surface area contributed by atoms with Crippen molar-refractivity contribution in [2.45, 2.75) is 45.6 Å². The van der Waals surface area contributed by atoms with Gasteiger partial charge in [-0.2, -0.15) is 0 Å². The molecule has 0 radical (unpaired) electrons. The van der Waals surface area contributed by atoms with Crippen molar-refractivity contribution in [1.29, 1.82) is 0 Å². The first-order valence-corrected chi connectivity index (χ1v) is 5.22. The molecule has 1 heteroatoms. The van der Waals surface area contributed by atoms with Gasteiger partial charge in [-0.1, -0.05) is 13.8 Å². The van der Waals surface area contributed by atoms with Crippen LogP contribution in [0.1, 0.15) is 39.5 Å². The summed E-state index contributed by atoms with van der Waals surface area (Å²) in [5.74, 6) is 3.57. The van der Waals surface area contributed by atoms with Crippen LogP contribution in [-0.2, 0) is 0 Å². The third kappa shape index (κ3) is 2.74. The molecule has 1 rings (SSSR count). The van der Waals surface area contributed by atoms with Crippen LogP contribution in [0.15, 0.2) is 0 Å². The van der Waals surface area contributed by atoms with Crippen LogP contribution in [-0.4, -0.2) is 13.1 Å². The highest BCUT2D eigenvalue weighted by molar-refractivity contribution is 5.01. The zero-order chi connectivity index (χ0) is 9.90. The van der Waals surface area contributed by atoms with Crippen LogP contribution >= 0.6 is 0 Å². The van der Waals surface area contributed by atoms with Gasteiger partial charge in [0, 0.05) is 12.5 Å². The van der Waals surface area contributed by atoms with Gasteiger partial charge in [-0.05, 0) is 37.6 Å². The number of nitrogens with one attached hydrogen (secondary N) is 1. The molecule has 74 valence electrons. The summed E-state index contributed by atoms with van der Waals surface area (Å²) < 4.78 is 0. The highest BCUT2D eigenvalue weighted by Gasteiger charge is 2.49. The van der Waals surface area contributed by atoms with Crippen LogP contribution in [0.2, 0.25) is 0 Å². The second-order valence-corrected chi connectivity index (χ2v) is 4.79. The Morgan fingerprint density at radius 2 is 2.23 bits per heavy atom. The molecule has 2 atom stereocenters. The lowest BCUT2D eigenvalue weighted by Gasteiger charge is -2.17. The normalized spacial score (nSPS) is 26.5. The molecular weight excluding hydrogens is 158 g/mol. The van der Waals surface area contributed by atoms with Crippen LogP contribution in [0.4, 0.5) is 0 Å². The number of terminal acetylenes is 1. The van der Waals surface area contributed by atoms with Gasteiger partial charge in [0.25, 0.3) is 0 Å². The van der Waals surface area contributed by atoms with E-state index in [1.807, 2.05) is 0 Å². The maximum Gasteiger partial charge on any atom is 0.00979 e. The molecule has 0 aromatic heterocycles. The van der Waals surface area contributed by atoms with Gasteiger partial charge in [-0.3, -0.25) is 0 Å². The minimum atomic E-state index is 0.573. The van der Waals surface area contributed by atoms with Gasteiger partial charge in [0.15, 0.2) is 0 Å². The molecule has 0 bridgehead atoms. The Bertz CT molecular complexity index is 200. The third-order valence-electron chi connectivity index (χ3n) is 3.28. The van der Waals surface area contributed by atoms with Crippen molar-refractivity contribution >= 4 is 0 Å². The fourth-order valence-electron chi connectivity index (χ4n) is 2.17. The molecule has 1 saturated carbocycles. The Hall–Kier alpha value is -0.480. The molecule has 0 saturated heterocycles. The fraction of sp³-hybridized carbons (Fsp3) is 0.833. The number of hydrogen-bond donors (Lipinski definition) is 1. The Balaban J connectivity index is 2.25. The Morgan fingerprint density at radius 3 is 2.62 bits per heavy atom. The van der Waals surface area contributed by atoms with E-state index in [0.29, 0.717) is 11.5 Å². The van der Waals surface area contributed by atoms with E-state index in [4.69, 9.17) is 6.42 Å². The van der Waals surface area contributed by atoms with E-state index < -0.39 is 0 Å². The smallest absolute Gasteiger partial charge is 0.00979 e.